The van der Waals surface area contributed by atoms with Gasteiger partial charge in [-0.15, -0.1) is 0 Å². The molecule has 0 saturated heterocycles. The van der Waals surface area contributed by atoms with Crippen LogP contribution in [-0.2, 0) is 13.0 Å². The molecule has 3 N–H and O–H groups in total. The second-order valence-electron chi connectivity index (χ2n) is 4.79. The minimum Gasteiger partial charge on any atom is -0.366 e. The van der Waals surface area contributed by atoms with Crippen LogP contribution in [0.25, 0.3) is 0 Å². The van der Waals surface area contributed by atoms with E-state index in [0.717, 1.165) is 6.42 Å². The average molecular weight is 292 g/mol. The molecule has 0 aliphatic carbocycles. The number of rotatable bonds is 6. The number of hydrogen-bond donors (Lipinski definition) is 2. The van der Waals surface area contributed by atoms with Crippen LogP contribution in [0.1, 0.15) is 28.4 Å². The smallest absolute Gasteiger partial charge is 0.248 e. The maximum absolute atomic E-state index is 13.7. The normalized spacial score (nSPS) is 12.3. The van der Waals surface area contributed by atoms with Crippen molar-refractivity contribution < 1.29 is 9.18 Å². The van der Waals surface area contributed by atoms with Gasteiger partial charge < -0.3 is 11.1 Å². The quantitative estimate of drug-likeness (QED) is 0.860. The maximum atomic E-state index is 13.7. The summed E-state index contributed by atoms with van der Waals surface area (Å²) in [6, 6.07) is 6.48. The van der Waals surface area contributed by atoms with Crippen LogP contribution in [0.2, 0.25) is 0 Å². The van der Waals surface area contributed by atoms with Gasteiger partial charge in [-0.1, -0.05) is 0 Å². The summed E-state index contributed by atoms with van der Waals surface area (Å²) in [5.74, 6) is -0.872. The molecule has 1 aromatic heterocycles. The summed E-state index contributed by atoms with van der Waals surface area (Å²) in [5.41, 5.74) is 7.25. The number of benzene rings is 1. The Morgan fingerprint density at radius 2 is 2.25 bits per heavy atom. The first-order valence-corrected chi connectivity index (χ1v) is 7.33. The molecule has 0 fully saturated rings. The third-order valence-corrected chi connectivity index (χ3v) is 3.83. The Morgan fingerprint density at radius 1 is 1.45 bits per heavy atom. The predicted molar refractivity (Wildman–Crippen MR) is 79.2 cm³/mol. The number of hydrogen-bond acceptors (Lipinski definition) is 3. The number of nitrogens with one attached hydrogen (secondary N) is 1. The molecule has 1 aromatic carbocycles. The van der Waals surface area contributed by atoms with E-state index in [0.29, 0.717) is 17.7 Å². The zero-order valence-electron chi connectivity index (χ0n) is 11.2. The number of halogens is 1. The van der Waals surface area contributed by atoms with Crippen molar-refractivity contribution in [2.24, 2.45) is 5.73 Å². The maximum Gasteiger partial charge on any atom is 0.248 e. The molecule has 106 valence electrons. The summed E-state index contributed by atoms with van der Waals surface area (Å²) < 4.78 is 13.7. The van der Waals surface area contributed by atoms with Gasteiger partial charge in [-0.2, -0.15) is 11.3 Å². The third kappa shape index (κ3) is 3.88. The number of carbonyl (C=O) groups is 1. The number of amides is 1. The van der Waals surface area contributed by atoms with E-state index in [9.17, 15) is 9.18 Å². The van der Waals surface area contributed by atoms with Crippen molar-refractivity contribution in [2.45, 2.75) is 25.9 Å². The molecule has 0 aliphatic heterocycles. The largest absolute Gasteiger partial charge is 0.366 e. The highest BCUT2D eigenvalue weighted by Crippen LogP contribution is 2.12. The molecule has 1 amide bonds. The van der Waals surface area contributed by atoms with E-state index in [2.05, 4.69) is 16.8 Å². The molecule has 5 heteroatoms. The van der Waals surface area contributed by atoms with E-state index in [-0.39, 0.29) is 11.9 Å². The summed E-state index contributed by atoms with van der Waals surface area (Å²) in [5, 5.41) is 7.40. The highest BCUT2D eigenvalue weighted by atomic mass is 32.1. The molecule has 1 heterocycles. The number of thiophene rings is 1. The molecular formula is C15H17FN2OS. The van der Waals surface area contributed by atoms with E-state index in [1.165, 1.54) is 23.8 Å². The van der Waals surface area contributed by atoms with Gasteiger partial charge in [0, 0.05) is 23.7 Å². The summed E-state index contributed by atoms with van der Waals surface area (Å²) in [6.45, 7) is 2.42. The van der Waals surface area contributed by atoms with Gasteiger partial charge in [0.15, 0.2) is 0 Å². The third-order valence-electron chi connectivity index (χ3n) is 3.09. The zero-order valence-corrected chi connectivity index (χ0v) is 12.0. The molecule has 20 heavy (non-hydrogen) atoms. The van der Waals surface area contributed by atoms with Crippen LogP contribution < -0.4 is 11.1 Å². The average Bonchev–Trinajstić information content (AvgIpc) is 2.90. The van der Waals surface area contributed by atoms with E-state index in [1.54, 1.807) is 11.3 Å². The molecular weight excluding hydrogens is 275 g/mol. The van der Waals surface area contributed by atoms with Gasteiger partial charge in [-0.25, -0.2) is 4.39 Å². The zero-order chi connectivity index (χ0) is 14.5. The van der Waals surface area contributed by atoms with Crippen molar-refractivity contribution in [1.29, 1.82) is 0 Å². The van der Waals surface area contributed by atoms with E-state index in [4.69, 9.17) is 5.73 Å². The summed E-state index contributed by atoms with van der Waals surface area (Å²) in [7, 11) is 0. The molecule has 0 bridgehead atoms. The number of nitrogens with two attached hydrogens (primary N) is 1. The lowest BCUT2D eigenvalue weighted by molar-refractivity contribution is 0.1000. The van der Waals surface area contributed by atoms with Gasteiger partial charge in [0.2, 0.25) is 5.91 Å². The van der Waals surface area contributed by atoms with Gasteiger partial charge in [0.05, 0.1) is 0 Å². The first-order chi connectivity index (χ1) is 9.56. The Hall–Kier alpha value is -1.72. The monoisotopic (exact) mass is 292 g/mol. The van der Waals surface area contributed by atoms with Gasteiger partial charge in [-0.3, -0.25) is 4.79 Å². The first-order valence-electron chi connectivity index (χ1n) is 6.39. The highest BCUT2D eigenvalue weighted by Gasteiger charge is 2.09. The molecule has 0 aliphatic rings. The van der Waals surface area contributed by atoms with Gasteiger partial charge in [0.1, 0.15) is 5.82 Å². The van der Waals surface area contributed by atoms with Crippen LogP contribution in [0, 0.1) is 5.82 Å². The van der Waals surface area contributed by atoms with Crippen molar-refractivity contribution in [3.05, 3.63) is 57.5 Å². The minimum absolute atomic E-state index is 0.223. The molecule has 2 rings (SSSR count). The number of carbonyl (C=O) groups excluding carboxylic acids is 1. The summed E-state index contributed by atoms with van der Waals surface area (Å²) >= 11 is 1.66. The topological polar surface area (TPSA) is 55.1 Å². The fourth-order valence-corrected chi connectivity index (χ4v) is 2.66. The lowest BCUT2D eigenvalue weighted by atomic mass is 10.1. The van der Waals surface area contributed by atoms with Crippen molar-refractivity contribution in [1.82, 2.24) is 5.32 Å². The summed E-state index contributed by atoms with van der Waals surface area (Å²) in [4.78, 5) is 11.1. The Labute approximate surface area is 121 Å². The fraction of sp³-hybridized carbons (Fsp3) is 0.267. The fourth-order valence-electron chi connectivity index (χ4n) is 1.98. The lowest BCUT2D eigenvalue weighted by Gasteiger charge is -2.14. The predicted octanol–water partition coefficient (Wildman–Crippen LogP) is 2.71. The van der Waals surface area contributed by atoms with Crippen LogP contribution in [0.4, 0.5) is 4.39 Å². The van der Waals surface area contributed by atoms with Crippen LogP contribution in [-0.4, -0.2) is 11.9 Å². The summed E-state index contributed by atoms with van der Waals surface area (Å²) in [6.07, 6.45) is 0.890. The standard InChI is InChI=1S/C15H17FN2OS/c1-10(6-11-4-5-20-9-11)18-8-13-7-12(15(17)19)2-3-14(13)16/h2-5,7,9-10,18H,6,8H2,1H3,(H2,17,19). The SMILES string of the molecule is CC(Cc1ccsc1)NCc1cc(C(N)=O)ccc1F. The van der Waals surface area contributed by atoms with Gasteiger partial charge in [0.25, 0.3) is 0 Å². The van der Waals surface area contributed by atoms with Crippen LogP contribution in [0.15, 0.2) is 35.0 Å². The van der Waals surface area contributed by atoms with E-state index < -0.39 is 5.91 Å². The van der Waals surface area contributed by atoms with Crippen LogP contribution >= 0.6 is 11.3 Å². The minimum atomic E-state index is -0.544. The van der Waals surface area contributed by atoms with Crippen LogP contribution in [0.3, 0.4) is 0 Å². The lowest BCUT2D eigenvalue weighted by Crippen LogP contribution is -2.28. The van der Waals surface area contributed by atoms with Crippen LogP contribution in [0.5, 0.6) is 0 Å². The number of primary amides is 1. The highest BCUT2D eigenvalue weighted by molar-refractivity contribution is 7.07. The van der Waals surface area contributed by atoms with Gasteiger partial charge in [-0.05, 0) is 53.9 Å². The Morgan fingerprint density at radius 3 is 2.90 bits per heavy atom. The first kappa shape index (κ1) is 14.7. The Bertz CT molecular complexity index is 584. The van der Waals surface area contributed by atoms with E-state index in [1.807, 2.05) is 12.3 Å². The molecule has 1 unspecified atom stereocenters. The molecule has 0 spiro atoms. The van der Waals surface area contributed by atoms with Crippen molar-refractivity contribution in [3.8, 4) is 0 Å². The van der Waals surface area contributed by atoms with Crippen molar-refractivity contribution in [3.63, 3.8) is 0 Å². The van der Waals surface area contributed by atoms with E-state index >= 15 is 0 Å². The molecule has 0 radical (unpaired) electrons. The molecule has 3 nitrogen and oxygen atoms in total. The van der Waals surface area contributed by atoms with Crippen molar-refractivity contribution >= 4 is 17.2 Å². The second kappa shape index (κ2) is 6.63. The Kier molecular flexibility index (Phi) is 4.87. The van der Waals surface area contributed by atoms with Crippen molar-refractivity contribution in [2.75, 3.05) is 0 Å². The van der Waals surface area contributed by atoms with Gasteiger partial charge >= 0.3 is 0 Å². The second-order valence-corrected chi connectivity index (χ2v) is 5.57. The Balaban J connectivity index is 1.96. The molecule has 1 atom stereocenters. The molecule has 0 saturated carbocycles. The molecule has 2 aromatic rings.